The Bertz CT molecular complexity index is 468. The normalized spacial score (nSPS) is 12.0. The quantitative estimate of drug-likeness (QED) is 0.0633. The summed E-state index contributed by atoms with van der Waals surface area (Å²) >= 11 is 0. The predicted octanol–water partition coefficient (Wildman–Crippen LogP) is 17.8. The summed E-state index contributed by atoms with van der Waals surface area (Å²) in [5, 5.41) is 0. The molecule has 0 aromatic carbocycles. The highest BCUT2D eigenvalue weighted by molar-refractivity contribution is 4.80. The van der Waals surface area contributed by atoms with Crippen LogP contribution in [0, 0.1) is 5.41 Å². The van der Waals surface area contributed by atoms with Crippen LogP contribution in [0.25, 0.3) is 0 Å². The molecular formula is C48H99N. The zero-order valence-corrected chi connectivity index (χ0v) is 35.2. The molecule has 0 heterocycles. The molecule has 0 aliphatic heterocycles. The van der Waals surface area contributed by atoms with Gasteiger partial charge in [-0.3, -0.25) is 0 Å². The summed E-state index contributed by atoms with van der Waals surface area (Å²) in [5.74, 6) is 0. The Morgan fingerprint density at radius 3 is 0.571 bits per heavy atom. The molecule has 0 atom stereocenters. The summed E-state index contributed by atoms with van der Waals surface area (Å²) in [4.78, 5) is 0. The van der Waals surface area contributed by atoms with Crippen molar-refractivity contribution in [2.75, 3.05) is 6.54 Å². The summed E-state index contributed by atoms with van der Waals surface area (Å²) < 4.78 is 0. The molecule has 0 aromatic rings. The van der Waals surface area contributed by atoms with Gasteiger partial charge in [0.2, 0.25) is 0 Å². The van der Waals surface area contributed by atoms with Crippen molar-refractivity contribution in [2.24, 2.45) is 11.1 Å². The summed E-state index contributed by atoms with van der Waals surface area (Å²) in [6, 6.07) is 0. The molecule has 0 bridgehead atoms. The third-order valence-electron chi connectivity index (χ3n) is 12.1. The van der Waals surface area contributed by atoms with Crippen LogP contribution < -0.4 is 5.73 Å². The van der Waals surface area contributed by atoms with Gasteiger partial charge in [-0.05, 0) is 44.1 Å². The highest BCUT2D eigenvalue weighted by Crippen LogP contribution is 2.42. The van der Waals surface area contributed by atoms with Gasteiger partial charge >= 0.3 is 0 Å². The van der Waals surface area contributed by atoms with Crippen molar-refractivity contribution in [1.29, 1.82) is 0 Å². The lowest BCUT2D eigenvalue weighted by Gasteiger charge is -2.35. The molecule has 0 aromatic heterocycles. The number of rotatable bonds is 44. The van der Waals surface area contributed by atoms with E-state index in [-0.39, 0.29) is 0 Å². The molecular weight excluding hydrogens is 591 g/mol. The molecule has 296 valence electrons. The first-order chi connectivity index (χ1) is 24.2. The molecule has 0 fully saturated rings. The zero-order chi connectivity index (χ0) is 35.6. The molecule has 1 nitrogen and oxygen atoms in total. The first-order valence-electron chi connectivity index (χ1n) is 23.9. The van der Waals surface area contributed by atoms with E-state index in [1.54, 1.807) is 19.3 Å². The lowest BCUT2D eigenvalue weighted by molar-refractivity contribution is 0.171. The fourth-order valence-electron chi connectivity index (χ4n) is 8.59. The molecule has 2 N–H and O–H groups in total. The van der Waals surface area contributed by atoms with Crippen LogP contribution in [0.5, 0.6) is 0 Å². The number of unbranched alkanes of at least 4 members (excludes halogenated alkanes) is 35. The lowest BCUT2D eigenvalue weighted by Crippen LogP contribution is -2.21. The van der Waals surface area contributed by atoms with Crippen LogP contribution in [0.2, 0.25) is 0 Å². The van der Waals surface area contributed by atoms with Gasteiger partial charge in [0.05, 0.1) is 0 Å². The molecule has 0 radical (unpaired) electrons. The summed E-state index contributed by atoms with van der Waals surface area (Å²) in [6.07, 6.45) is 63.0. The Hall–Kier alpha value is -0.0400. The third kappa shape index (κ3) is 37.5. The molecule has 1 heteroatoms. The van der Waals surface area contributed by atoms with E-state index in [0.29, 0.717) is 5.41 Å². The monoisotopic (exact) mass is 690 g/mol. The van der Waals surface area contributed by atoms with E-state index in [1.807, 2.05) is 0 Å². The van der Waals surface area contributed by atoms with Crippen molar-refractivity contribution < 1.29 is 0 Å². The van der Waals surface area contributed by atoms with E-state index in [9.17, 15) is 0 Å². The summed E-state index contributed by atoms with van der Waals surface area (Å²) in [5.41, 5.74) is 6.34. The number of hydrogen-bond donors (Lipinski definition) is 1. The predicted molar refractivity (Wildman–Crippen MR) is 227 cm³/mol. The first-order valence-corrected chi connectivity index (χ1v) is 23.9. The SMILES string of the molecule is CCCCCCCCCCCCC(CCCCCCCCCCCC)(CCCCCCCCCCCC)CCCCCCCCCCCN. The fourth-order valence-corrected chi connectivity index (χ4v) is 8.59. The maximum absolute atomic E-state index is 5.69. The molecule has 0 aliphatic carbocycles. The topological polar surface area (TPSA) is 26.0 Å². The molecule has 0 saturated carbocycles. The van der Waals surface area contributed by atoms with Crippen molar-refractivity contribution >= 4 is 0 Å². The minimum absolute atomic E-state index is 0.655. The lowest BCUT2D eigenvalue weighted by atomic mass is 9.70. The summed E-state index contributed by atoms with van der Waals surface area (Å²) in [7, 11) is 0. The van der Waals surface area contributed by atoms with Gasteiger partial charge in [0.15, 0.2) is 0 Å². The van der Waals surface area contributed by atoms with Crippen LogP contribution in [0.15, 0.2) is 0 Å². The average Bonchev–Trinajstić information content (AvgIpc) is 3.11. The van der Waals surface area contributed by atoms with Crippen molar-refractivity contribution in [1.82, 2.24) is 0 Å². The Morgan fingerprint density at radius 2 is 0.388 bits per heavy atom. The van der Waals surface area contributed by atoms with Crippen molar-refractivity contribution in [3.05, 3.63) is 0 Å². The van der Waals surface area contributed by atoms with E-state index in [1.165, 1.54) is 257 Å². The van der Waals surface area contributed by atoms with Crippen molar-refractivity contribution in [2.45, 2.75) is 297 Å². The second-order valence-corrected chi connectivity index (χ2v) is 17.0. The van der Waals surface area contributed by atoms with E-state index >= 15 is 0 Å². The molecule has 0 unspecified atom stereocenters. The van der Waals surface area contributed by atoms with Gasteiger partial charge in [0.1, 0.15) is 0 Å². The van der Waals surface area contributed by atoms with Crippen molar-refractivity contribution in [3.8, 4) is 0 Å². The van der Waals surface area contributed by atoms with Gasteiger partial charge in [-0.25, -0.2) is 0 Å². The van der Waals surface area contributed by atoms with Gasteiger partial charge < -0.3 is 5.73 Å². The van der Waals surface area contributed by atoms with E-state index in [0.717, 1.165) is 6.54 Å². The Morgan fingerprint density at radius 1 is 0.224 bits per heavy atom. The van der Waals surface area contributed by atoms with Crippen LogP contribution in [-0.4, -0.2) is 6.54 Å². The minimum Gasteiger partial charge on any atom is -0.330 e. The molecule has 0 spiro atoms. The highest BCUT2D eigenvalue weighted by atomic mass is 14.5. The van der Waals surface area contributed by atoms with Crippen LogP contribution in [0.4, 0.5) is 0 Å². The minimum atomic E-state index is 0.655. The largest absolute Gasteiger partial charge is 0.330 e. The zero-order valence-electron chi connectivity index (χ0n) is 35.2. The fraction of sp³-hybridized carbons (Fsp3) is 1.00. The van der Waals surface area contributed by atoms with Crippen LogP contribution in [0.3, 0.4) is 0 Å². The van der Waals surface area contributed by atoms with Crippen LogP contribution in [-0.2, 0) is 0 Å². The van der Waals surface area contributed by atoms with E-state index < -0.39 is 0 Å². The summed E-state index contributed by atoms with van der Waals surface area (Å²) in [6.45, 7) is 7.87. The van der Waals surface area contributed by atoms with Crippen LogP contribution >= 0.6 is 0 Å². The van der Waals surface area contributed by atoms with Gasteiger partial charge in [-0.1, -0.05) is 265 Å². The van der Waals surface area contributed by atoms with Gasteiger partial charge in [0.25, 0.3) is 0 Å². The third-order valence-corrected chi connectivity index (χ3v) is 12.1. The van der Waals surface area contributed by atoms with Crippen molar-refractivity contribution in [3.63, 3.8) is 0 Å². The molecule has 0 amide bonds. The molecule has 49 heavy (non-hydrogen) atoms. The van der Waals surface area contributed by atoms with E-state index in [2.05, 4.69) is 20.8 Å². The maximum Gasteiger partial charge on any atom is -0.00773 e. The van der Waals surface area contributed by atoms with Gasteiger partial charge in [0, 0.05) is 0 Å². The Kier molecular flexibility index (Phi) is 42.3. The second kappa shape index (κ2) is 42.4. The number of hydrogen-bond acceptors (Lipinski definition) is 1. The maximum atomic E-state index is 5.69. The van der Waals surface area contributed by atoms with Gasteiger partial charge in [-0.2, -0.15) is 0 Å². The molecule has 0 rings (SSSR count). The average molecular weight is 690 g/mol. The first kappa shape index (κ1) is 49.0. The second-order valence-electron chi connectivity index (χ2n) is 17.0. The Balaban J connectivity index is 4.87. The molecule has 0 aliphatic rings. The Labute approximate surface area is 313 Å². The molecule has 0 saturated heterocycles. The number of nitrogens with two attached hydrogens (primary N) is 1. The van der Waals surface area contributed by atoms with Crippen LogP contribution in [0.1, 0.15) is 297 Å². The highest BCUT2D eigenvalue weighted by Gasteiger charge is 2.28. The van der Waals surface area contributed by atoms with E-state index in [4.69, 9.17) is 5.73 Å². The smallest absolute Gasteiger partial charge is 0.00773 e. The standard InChI is InChI=1S/C48H99N/c1-4-7-10-13-16-19-23-28-33-38-43-48(44-39-34-29-24-20-17-14-11-8-5-2,45-40-35-30-25-21-18-15-12-9-6-3)46-41-36-31-26-22-27-32-37-42-47-49/h4-47,49H2,1-3H3. The van der Waals surface area contributed by atoms with Gasteiger partial charge in [-0.15, -0.1) is 0 Å².